The molecule has 0 saturated carbocycles. The Morgan fingerprint density at radius 2 is 1.59 bits per heavy atom. The minimum absolute atomic E-state index is 0.0192. The summed E-state index contributed by atoms with van der Waals surface area (Å²) in [5, 5.41) is 6.24. The van der Waals surface area contributed by atoms with Crippen molar-refractivity contribution in [3.63, 3.8) is 0 Å². The van der Waals surface area contributed by atoms with Crippen LogP contribution in [0.4, 0.5) is 11.4 Å². The van der Waals surface area contributed by atoms with Gasteiger partial charge < -0.3 is 10.6 Å². The summed E-state index contributed by atoms with van der Waals surface area (Å²) in [4.78, 5) is 12.6. The first kappa shape index (κ1) is 20.8. The molecule has 0 fully saturated rings. The quantitative estimate of drug-likeness (QED) is 0.612. The van der Waals surface area contributed by atoms with Crippen LogP contribution in [-0.2, 0) is 14.8 Å². The van der Waals surface area contributed by atoms with E-state index in [1.165, 1.54) is 0 Å². The van der Waals surface area contributed by atoms with E-state index in [2.05, 4.69) is 22.3 Å². The van der Waals surface area contributed by atoms with Gasteiger partial charge in [-0.05, 0) is 43.2 Å². The van der Waals surface area contributed by atoms with Gasteiger partial charge in [0, 0.05) is 11.4 Å². The second-order valence-electron chi connectivity index (χ2n) is 6.58. The first-order valence-corrected chi connectivity index (χ1v) is 10.9. The smallest absolute Gasteiger partial charge is 0.242 e. The van der Waals surface area contributed by atoms with E-state index >= 15 is 0 Å². The number of anilines is 2. The molecule has 0 aliphatic rings. The molecule has 3 N–H and O–H groups in total. The van der Waals surface area contributed by atoms with Gasteiger partial charge >= 0.3 is 0 Å². The second-order valence-corrected chi connectivity index (χ2v) is 8.33. The minimum Gasteiger partial charge on any atom is -0.374 e. The van der Waals surface area contributed by atoms with Crippen molar-refractivity contribution in [3.8, 4) is 0 Å². The third-order valence-corrected chi connectivity index (χ3v) is 4.67. The van der Waals surface area contributed by atoms with Crippen molar-refractivity contribution in [1.29, 1.82) is 0 Å². The number of hydrogen-bond acceptors (Lipinski definition) is 4. The Labute approximate surface area is 161 Å². The molecule has 0 saturated heterocycles. The summed E-state index contributed by atoms with van der Waals surface area (Å²) < 4.78 is 24.9. The molecule has 0 radical (unpaired) electrons. The van der Waals surface area contributed by atoms with E-state index in [9.17, 15) is 13.2 Å². The van der Waals surface area contributed by atoms with E-state index in [-0.39, 0.29) is 11.9 Å². The van der Waals surface area contributed by atoms with Gasteiger partial charge in [0.15, 0.2) is 0 Å². The van der Waals surface area contributed by atoms with Crippen LogP contribution in [0.2, 0.25) is 0 Å². The number of sulfonamides is 1. The van der Waals surface area contributed by atoms with Crippen molar-refractivity contribution in [2.75, 3.05) is 16.3 Å². The molecule has 27 heavy (non-hydrogen) atoms. The average molecular weight is 390 g/mol. The molecule has 146 valence electrons. The lowest BCUT2D eigenvalue weighted by Gasteiger charge is -2.22. The highest BCUT2D eigenvalue weighted by Gasteiger charge is 2.18. The van der Waals surface area contributed by atoms with Gasteiger partial charge in [0.1, 0.15) is 6.04 Å². The molecular weight excluding hydrogens is 362 g/mol. The lowest BCUT2D eigenvalue weighted by atomic mass is 10.0. The van der Waals surface area contributed by atoms with E-state index in [0.29, 0.717) is 5.69 Å². The molecule has 0 aliphatic heterocycles. The summed E-state index contributed by atoms with van der Waals surface area (Å²) in [7, 11) is -3.31. The third-order valence-electron chi connectivity index (χ3n) is 4.06. The van der Waals surface area contributed by atoms with Crippen LogP contribution in [0.25, 0.3) is 0 Å². The molecule has 0 unspecified atom stereocenters. The second kappa shape index (κ2) is 9.41. The molecule has 1 amide bonds. The van der Waals surface area contributed by atoms with Crippen LogP contribution in [-0.4, -0.2) is 26.6 Å². The van der Waals surface area contributed by atoms with Crippen LogP contribution < -0.4 is 15.4 Å². The van der Waals surface area contributed by atoms with Crippen molar-refractivity contribution in [2.45, 2.75) is 38.8 Å². The van der Waals surface area contributed by atoms with Crippen LogP contribution in [0, 0.1) is 0 Å². The van der Waals surface area contributed by atoms with E-state index < -0.39 is 16.1 Å². The Balaban J connectivity index is 1.98. The topological polar surface area (TPSA) is 87.3 Å². The first-order chi connectivity index (χ1) is 12.8. The van der Waals surface area contributed by atoms with Crippen molar-refractivity contribution in [2.24, 2.45) is 0 Å². The van der Waals surface area contributed by atoms with Gasteiger partial charge in [-0.2, -0.15) is 0 Å². The number of rotatable bonds is 9. The predicted octanol–water partition coefficient (Wildman–Crippen LogP) is 3.52. The van der Waals surface area contributed by atoms with Crippen LogP contribution >= 0.6 is 0 Å². The SMILES string of the molecule is CCC[C@@H](NC(=O)[C@H](C)Nc1ccc(NS(C)(=O)=O)cc1)c1ccccc1. The lowest BCUT2D eigenvalue weighted by molar-refractivity contribution is -0.122. The third kappa shape index (κ3) is 6.94. The van der Waals surface area contributed by atoms with Gasteiger partial charge in [0.05, 0.1) is 12.3 Å². The molecule has 2 rings (SSSR count). The van der Waals surface area contributed by atoms with Gasteiger partial charge in [-0.1, -0.05) is 43.7 Å². The van der Waals surface area contributed by atoms with Gasteiger partial charge in [-0.15, -0.1) is 0 Å². The van der Waals surface area contributed by atoms with Gasteiger partial charge in [-0.25, -0.2) is 8.42 Å². The van der Waals surface area contributed by atoms with Gasteiger partial charge in [0.25, 0.3) is 0 Å². The zero-order valence-electron chi connectivity index (χ0n) is 15.9. The highest BCUT2D eigenvalue weighted by atomic mass is 32.2. The van der Waals surface area contributed by atoms with Crippen molar-refractivity contribution >= 4 is 27.3 Å². The number of nitrogens with one attached hydrogen (secondary N) is 3. The summed E-state index contributed by atoms with van der Waals surface area (Å²) in [6, 6.07) is 16.3. The van der Waals surface area contributed by atoms with Crippen LogP contribution in [0.5, 0.6) is 0 Å². The van der Waals surface area contributed by atoms with Crippen molar-refractivity contribution in [3.05, 3.63) is 60.2 Å². The van der Waals surface area contributed by atoms with E-state index in [0.717, 1.165) is 30.3 Å². The molecule has 7 heteroatoms. The molecule has 0 spiro atoms. The molecule has 0 heterocycles. The molecule has 0 bridgehead atoms. The average Bonchev–Trinajstić information content (AvgIpc) is 2.62. The summed E-state index contributed by atoms with van der Waals surface area (Å²) in [5.74, 6) is -0.0874. The standard InChI is InChI=1S/C20H27N3O3S/c1-4-8-19(16-9-6-5-7-10-16)22-20(24)15(2)21-17-11-13-18(14-12-17)23-27(3,25)26/h5-7,9-15,19,21,23H,4,8H2,1-3H3,(H,22,24)/t15-,19+/m0/s1. The highest BCUT2D eigenvalue weighted by molar-refractivity contribution is 7.92. The van der Waals surface area contributed by atoms with Gasteiger partial charge in [-0.3, -0.25) is 9.52 Å². The number of hydrogen-bond donors (Lipinski definition) is 3. The van der Waals surface area contributed by atoms with Crippen molar-refractivity contribution in [1.82, 2.24) is 5.32 Å². The van der Waals surface area contributed by atoms with Gasteiger partial charge in [0.2, 0.25) is 15.9 Å². The Hall–Kier alpha value is -2.54. The molecule has 2 aromatic rings. The molecule has 0 aromatic heterocycles. The Morgan fingerprint density at radius 1 is 1.00 bits per heavy atom. The number of benzene rings is 2. The Bertz CT molecular complexity index is 837. The minimum atomic E-state index is -3.31. The molecule has 6 nitrogen and oxygen atoms in total. The Kier molecular flexibility index (Phi) is 7.24. The predicted molar refractivity (Wildman–Crippen MR) is 110 cm³/mol. The van der Waals surface area contributed by atoms with Crippen LogP contribution in [0.1, 0.15) is 38.3 Å². The fraction of sp³-hybridized carbons (Fsp3) is 0.350. The Morgan fingerprint density at radius 3 is 2.15 bits per heavy atom. The number of carbonyl (C=O) groups is 1. The number of amides is 1. The largest absolute Gasteiger partial charge is 0.374 e. The fourth-order valence-electron chi connectivity index (χ4n) is 2.76. The zero-order chi connectivity index (χ0) is 19.9. The summed E-state index contributed by atoms with van der Waals surface area (Å²) >= 11 is 0. The lowest BCUT2D eigenvalue weighted by Crippen LogP contribution is -2.39. The molecule has 0 aliphatic carbocycles. The first-order valence-electron chi connectivity index (χ1n) is 8.98. The van der Waals surface area contributed by atoms with E-state index in [4.69, 9.17) is 0 Å². The maximum absolute atomic E-state index is 12.6. The van der Waals surface area contributed by atoms with Crippen LogP contribution in [0.3, 0.4) is 0 Å². The summed E-state index contributed by atoms with van der Waals surface area (Å²) in [6.07, 6.45) is 2.94. The normalized spacial score (nSPS) is 13.4. The molecule has 2 atom stereocenters. The van der Waals surface area contributed by atoms with E-state index in [1.54, 1.807) is 31.2 Å². The zero-order valence-corrected chi connectivity index (χ0v) is 16.7. The molecule has 2 aromatic carbocycles. The van der Waals surface area contributed by atoms with E-state index in [1.807, 2.05) is 30.3 Å². The summed E-state index contributed by atoms with van der Waals surface area (Å²) in [6.45, 7) is 3.89. The number of carbonyl (C=O) groups excluding carboxylic acids is 1. The maximum Gasteiger partial charge on any atom is 0.242 e. The maximum atomic E-state index is 12.6. The highest BCUT2D eigenvalue weighted by Crippen LogP contribution is 2.19. The molecular formula is C20H27N3O3S. The summed E-state index contributed by atoms with van der Waals surface area (Å²) in [5.41, 5.74) is 2.31. The monoisotopic (exact) mass is 389 g/mol. The van der Waals surface area contributed by atoms with Crippen molar-refractivity contribution < 1.29 is 13.2 Å². The fourth-order valence-corrected chi connectivity index (χ4v) is 3.32. The van der Waals surface area contributed by atoms with Crippen LogP contribution in [0.15, 0.2) is 54.6 Å².